The van der Waals surface area contributed by atoms with Crippen molar-refractivity contribution in [3.05, 3.63) is 23.0 Å². The number of amides is 1. The average molecular weight is 260 g/mol. The number of nitrogen functional groups attached to an aromatic ring is 1. The monoisotopic (exact) mass is 259 g/mol. The van der Waals surface area contributed by atoms with Gasteiger partial charge in [0.25, 0.3) is 5.91 Å². The minimum Gasteiger partial charge on any atom is -0.397 e. The molecule has 0 bridgehead atoms. The Morgan fingerprint density at radius 3 is 3.06 bits per heavy atom. The van der Waals surface area contributed by atoms with Crippen LogP contribution in [0.4, 0.5) is 5.69 Å². The van der Waals surface area contributed by atoms with Crippen LogP contribution in [0.3, 0.4) is 0 Å². The average Bonchev–Trinajstić information content (AvgIpc) is 2.32. The van der Waals surface area contributed by atoms with E-state index in [4.69, 9.17) is 27.2 Å². The van der Waals surface area contributed by atoms with Gasteiger partial charge in [-0.1, -0.05) is 11.6 Å². The molecule has 0 saturated carbocycles. The molecule has 0 aliphatic rings. The third-order valence-corrected chi connectivity index (χ3v) is 2.17. The molecule has 0 fully saturated rings. The van der Waals surface area contributed by atoms with Gasteiger partial charge in [-0.3, -0.25) is 4.79 Å². The first-order valence-corrected chi connectivity index (χ1v) is 5.40. The summed E-state index contributed by atoms with van der Waals surface area (Å²) >= 11 is 5.76. The molecule has 0 aliphatic heterocycles. The molecule has 4 N–H and O–H groups in total. The van der Waals surface area contributed by atoms with Gasteiger partial charge in [0.05, 0.1) is 37.3 Å². The highest BCUT2D eigenvalue weighted by Gasteiger charge is 2.11. The molecule has 0 unspecified atom stereocenters. The third-order valence-electron chi connectivity index (χ3n) is 1.87. The summed E-state index contributed by atoms with van der Waals surface area (Å²) in [5.41, 5.74) is 6.11. The van der Waals surface area contributed by atoms with E-state index >= 15 is 0 Å². The molecular weight excluding hydrogens is 246 g/mol. The van der Waals surface area contributed by atoms with Crippen molar-refractivity contribution in [1.82, 2.24) is 10.3 Å². The summed E-state index contributed by atoms with van der Waals surface area (Å²) in [5, 5.41) is 11.2. The normalized spacial score (nSPS) is 10.2. The van der Waals surface area contributed by atoms with Crippen LogP contribution in [0.25, 0.3) is 0 Å². The van der Waals surface area contributed by atoms with Gasteiger partial charge in [-0.25, -0.2) is 4.98 Å². The zero-order valence-electron chi connectivity index (χ0n) is 9.15. The van der Waals surface area contributed by atoms with Gasteiger partial charge in [-0.2, -0.15) is 0 Å². The number of nitrogens with two attached hydrogens (primary N) is 1. The molecule has 0 atom stereocenters. The predicted octanol–water partition coefficient (Wildman–Crippen LogP) is 0.0559. The van der Waals surface area contributed by atoms with E-state index < -0.39 is 0 Å². The largest absolute Gasteiger partial charge is 0.397 e. The van der Waals surface area contributed by atoms with Crippen LogP contribution >= 0.6 is 11.6 Å². The van der Waals surface area contributed by atoms with Crippen LogP contribution in [0.15, 0.2) is 12.3 Å². The highest BCUT2D eigenvalue weighted by molar-refractivity contribution is 6.32. The van der Waals surface area contributed by atoms with Gasteiger partial charge >= 0.3 is 0 Å². The van der Waals surface area contributed by atoms with E-state index in [2.05, 4.69) is 10.3 Å². The summed E-state index contributed by atoms with van der Waals surface area (Å²) in [5.74, 6) is -0.359. The maximum atomic E-state index is 11.7. The minimum atomic E-state index is -0.359. The SMILES string of the molecule is Nc1cnc(Cl)c(C(=O)NCCOCCO)c1. The molecule has 1 aromatic rings. The molecule has 17 heavy (non-hydrogen) atoms. The molecule has 1 amide bonds. The second-order valence-electron chi connectivity index (χ2n) is 3.20. The fraction of sp³-hybridized carbons (Fsp3) is 0.400. The van der Waals surface area contributed by atoms with Crippen molar-refractivity contribution in [3.63, 3.8) is 0 Å². The summed E-state index contributed by atoms with van der Waals surface area (Å²) in [6.07, 6.45) is 1.38. The summed E-state index contributed by atoms with van der Waals surface area (Å²) in [4.78, 5) is 15.4. The van der Waals surface area contributed by atoms with Gasteiger partial charge in [-0.05, 0) is 6.07 Å². The van der Waals surface area contributed by atoms with Crippen LogP contribution in [0.1, 0.15) is 10.4 Å². The standard InChI is InChI=1S/C10H14ClN3O3/c11-9-8(5-7(12)6-14-9)10(16)13-1-3-17-4-2-15/h5-6,15H,1-4,12H2,(H,13,16). The Morgan fingerprint density at radius 2 is 2.35 bits per heavy atom. The Balaban J connectivity index is 2.44. The van der Waals surface area contributed by atoms with Gasteiger partial charge in [0.2, 0.25) is 0 Å². The maximum absolute atomic E-state index is 11.7. The number of aliphatic hydroxyl groups is 1. The molecule has 0 saturated heterocycles. The number of carbonyl (C=O) groups excluding carboxylic acids is 1. The van der Waals surface area contributed by atoms with Crippen LogP contribution in [-0.4, -0.2) is 42.4 Å². The zero-order valence-corrected chi connectivity index (χ0v) is 9.91. The van der Waals surface area contributed by atoms with Crippen LogP contribution < -0.4 is 11.1 Å². The van der Waals surface area contributed by atoms with Crippen molar-refractivity contribution in [2.24, 2.45) is 0 Å². The van der Waals surface area contributed by atoms with Gasteiger partial charge < -0.3 is 20.9 Å². The fourth-order valence-electron chi connectivity index (χ4n) is 1.12. The quantitative estimate of drug-likeness (QED) is 0.496. The molecule has 0 radical (unpaired) electrons. The highest BCUT2D eigenvalue weighted by Crippen LogP contribution is 2.14. The summed E-state index contributed by atoms with van der Waals surface area (Å²) in [7, 11) is 0. The number of nitrogens with zero attached hydrogens (tertiary/aromatic N) is 1. The molecule has 0 spiro atoms. The lowest BCUT2D eigenvalue weighted by molar-refractivity contribution is 0.0838. The summed E-state index contributed by atoms with van der Waals surface area (Å²) in [6.45, 7) is 0.846. The number of pyridine rings is 1. The highest BCUT2D eigenvalue weighted by atomic mass is 35.5. The number of halogens is 1. The van der Waals surface area contributed by atoms with E-state index in [-0.39, 0.29) is 29.8 Å². The summed E-state index contributed by atoms with van der Waals surface area (Å²) < 4.78 is 4.99. The Morgan fingerprint density at radius 1 is 1.59 bits per heavy atom. The van der Waals surface area contributed by atoms with Crippen molar-refractivity contribution in [2.75, 3.05) is 32.1 Å². The molecule has 1 aromatic heterocycles. The number of ether oxygens (including phenoxy) is 1. The third kappa shape index (κ3) is 4.56. The smallest absolute Gasteiger partial charge is 0.254 e. The molecular formula is C10H14ClN3O3. The second kappa shape index (κ2) is 7.05. The molecule has 7 heteroatoms. The van der Waals surface area contributed by atoms with Gasteiger partial charge in [-0.15, -0.1) is 0 Å². The number of hydrogen-bond acceptors (Lipinski definition) is 5. The first-order chi connectivity index (χ1) is 8.15. The summed E-state index contributed by atoms with van der Waals surface area (Å²) in [6, 6.07) is 1.46. The van der Waals surface area contributed by atoms with Crippen molar-refractivity contribution in [2.45, 2.75) is 0 Å². The van der Waals surface area contributed by atoms with Crippen molar-refractivity contribution < 1.29 is 14.6 Å². The molecule has 6 nitrogen and oxygen atoms in total. The van der Waals surface area contributed by atoms with Crippen LogP contribution in [0.2, 0.25) is 5.15 Å². The molecule has 0 aliphatic carbocycles. The Hall–Kier alpha value is -1.37. The first-order valence-electron chi connectivity index (χ1n) is 5.03. The van der Waals surface area contributed by atoms with Crippen molar-refractivity contribution >= 4 is 23.2 Å². The Labute approximate surface area is 104 Å². The zero-order chi connectivity index (χ0) is 12.7. The van der Waals surface area contributed by atoms with E-state index in [1.54, 1.807) is 0 Å². The molecule has 1 heterocycles. The number of aromatic nitrogens is 1. The molecule has 94 valence electrons. The minimum absolute atomic E-state index is 0.0427. The van der Waals surface area contributed by atoms with E-state index in [1.807, 2.05) is 0 Å². The van der Waals surface area contributed by atoms with E-state index in [0.29, 0.717) is 18.8 Å². The molecule has 0 aromatic carbocycles. The Kier molecular flexibility index (Phi) is 5.68. The second-order valence-corrected chi connectivity index (χ2v) is 3.56. The predicted molar refractivity (Wildman–Crippen MR) is 63.9 cm³/mol. The van der Waals surface area contributed by atoms with Crippen molar-refractivity contribution in [3.8, 4) is 0 Å². The number of nitrogens with one attached hydrogen (secondary N) is 1. The number of hydrogen-bond donors (Lipinski definition) is 3. The van der Waals surface area contributed by atoms with Crippen LogP contribution in [0.5, 0.6) is 0 Å². The number of carbonyl (C=O) groups is 1. The topological polar surface area (TPSA) is 97.5 Å². The number of anilines is 1. The lowest BCUT2D eigenvalue weighted by Gasteiger charge is -2.07. The number of rotatable bonds is 6. The van der Waals surface area contributed by atoms with Crippen molar-refractivity contribution in [1.29, 1.82) is 0 Å². The van der Waals surface area contributed by atoms with Gasteiger partial charge in [0.1, 0.15) is 5.15 Å². The van der Waals surface area contributed by atoms with E-state index in [9.17, 15) is 4.79 Å². The maximum Gasteiger partial charge on any atom is 0.254 e. The lowest BCUT2D eigenvalue weighted by Crippen LogP contribution is -2.28. The van der Waals surface area contributed by atoms with Gasteiger partial charge in [0.15, 0.2) is 0 Å². The van der Waals surface area contributed by atoms with E-state index in [0.717, 1.165) is 0 Å². The molecule has 1 rings (SSSR count). The van der Waals surface area contributed by atoms with Crippen LogP contribution in [-0.2, 0) is 4.74 Å². The lowest BCUT2D eigenvalue weighted by atomic mass is 10.2. The Bertz CT molecular complexity index is 387. The number of aliphatic hydroxyl groups excluding tert-OH is 1. The fourth-order valence-corrected chi connectivity index (χ4v) is 1.31. The van der Waals surface area contributed by atoms with Gasteiger partial charge in [0, 0.05) is 6.54 Å². The van der Waals surface area contributed by atoms with E-state index in [1.165, 1.54) is 12.3 Å². The van der Waals surface area contributed by atoms with Crippen LogP contribution in [0, 0.1) is 0 Å². The first kappa shape index (κ1) is 13.7.